The Balaban J connectivity index is 1.37. The Bertz CT molecular complexity index is 1320. The summed E-state index contributed by atoms with van der Waals surface area (Å²) in [6, 6.07) is 23.3. The van der Waals surface area contributed by atoms with Gasteiger partial charge in [0, 0.05) is 17.3 Å². The number of hydrogen-bond donors (Lipinski definition) is 2. The van der Waals surface area contributed by atoms with Gasteiger partial charge in [-0.2, -0.15) is 5.10 Å². The van der Waals surface area contributed by atoms with Gasteiger partial charge in [-0.05, 0) is 48.0 Å². The number of hydrogen-bond acceptors (Lipinski definition) is 6. The molecule has 184 valence electrons. The topological polar surface area (TPSA) is 104 Å². The van der Waals surface area contributed by atoms with E-state index in [0.29, 0.717) is 40.9 Å². The number of anilines is 2. The van der Waals surface area contributed by atoms with E-state index in [0.717, 1.165) is 5.56 Å². The van der Waals surface area contributed by atoms with Crippen molar-refractivity contribution in [1.82, 2.24) is 9.78 Å². The SMILES string of the molecule is COc1ccc(NC(=O)COc2ccc(C(=O)Nc3ccnn3Cc3ccccc3)cc2OC)cc1. The van der Waals surface area contributed by atoms with Crippen LogP contribution in [0.3, 0.4) is 0 Å². The van der Waals surface area contributed by atoms with Gasteiger partial charge in [0.15, 0.2) is 18.1 Å². The molecule has 0 bridgehead atoms. The van der Waals surface area contributed by atoms with Crippen LogP contribution in [0, 0.1) is 0 Å². The van der Waals surface area contributed by atoms with Crippen molar-refractivity contribution in [2.45, 2.75) is 6.54 Å². The highest BCUT2D eigenvalue weighted by Gasteiger charge is 2.15. The van der Waals surface area contributed by atoms with Crippen molar-refractivity contribution in [1.29, 1.82) is 0 Å². The third kappa shape index (κ3) is 6.20. The number of methoxy groups -OCH3 is 2. The summed E-state index contributed by atoms with van der Waals surface area (Å²) in [4.78, 5) is 25.2. The molecule has 4 rings (SSSR count). The van der Waals surface area contributed by atoms with Crippen molar-refractivity contribution < 1.29 is 23.8 Å². The number of carbonyl (C=O) groups excluding carboxylic acids is 2. The van der Waals surface area contributed by atoms with E-state index in [4.69, 9.17) is 14.2 Å². The van der Waals surface area contributed by atoms with E-state index in [2.05, 4.69) is 15.7 Å². The summed E-state index contributed by atoms with van der Waals surface area (Å²) in [7, 11) is 3.04. The van der Waals surface area contributed by atoms with Gasteiger partial charge in [0.05, 0.1) is 27.0 Å². The molecule has 1 heterocycles. The van der Waals surface area contributed by atoms with Crippen LogP contribution < -0.4 is 24.8 Å². The van der Waals surface area contributed by atoms with Crippen LogP contribution in [0.2, 0.25) is 0 Å². The Morgan fingerprint density at radius 2 is 1.64 bits per heavy atom. The normalized spacial score (nSPS) is 10.4. The summed E-state index contributed by atoms with van der Waals surface area (Å²) < 4.78 is 17.8. The van der Waals surface area contributed by atoms with E-state index in [1.165, 1.54) is 7.11 Å². The molecule has 36 heavy (non-hydrogen) atoms. The Hall–Kier alpha value is -4.79. The molecular weight excluding hydrogens is 460 g/mol. The van der Waals surface area contributed by atoms with Gasteiger partial charge in [-0.1, -0.05) is 30.3 Å². The molecule has 9 nitrogen and oxygen atoms in total. The average Bonchev–Trinajstić information content (AvgIpc) is 3.34. The molecule has 0 fully saturated rings. The van der Waals surface area contributed by atoms with Crippen molar-refractivity contribution in [2.75, 3.05) is 31.5 Å². The Morgan fingerprint density at radius 1 is 0.861 bits per heavy atom. The zero-order valence-electron chi connectivity index (χ0n) is 19.9. The molecule has 0 unspecified atom stereocenters. The fourth-order valence-corrected chi connectivity index (χ4v) is 3.45. The molecule has 1 aromatic heterocycles. The summed E-state index contributed by atoms with van der Waals surface area (Å²) in [6.45, 7) is 0.296. The first-order chi connectivity index (χ1) is 17.6. The van der Waals surface area contributed by atoms with E-state index < -0.39 is 0 Å². The lowest BCUT2D eigenvalue weighted by Gasteiger charge is -2.13. The summed E-state index contributed by atoms with van der Waals surface area (Å²) >= 11 is 0. The maximum Gasteiger partial charge on any atom is 0.262 e. The van der Waals surface area contributed by atoms with Crippen molar-refractivity contribution in [3.8, 4) is 17.2 Å². The minimum absolute atomic E-state index is 0.230. The number of aromatic nitrogens is 2. The van der Waals surface area contributed by atoms with Crippen molar-refractivity contribution in [2.24, 2.45) is 0 Å². The van der Waals surface area contributed by atoms with Crippen LogP contribution in [0.15, 0.2) is 85.1 Å². The van der Waals surface area contributed by atoms with Gasteiger partial charge < -0.3 is 24.8 Å². The number of nitrogens with one attached hydrogen (secondary N) is 2. The first-order valence-electron chi connectivity index (χ1n) is 11.2. The molecule has 0 radical (unpaired) electrons. The Labute approximate surface area is 208 Å². The third-order valence-corrected chi connectivity index (χ3v) is 5.29. The molecule has 0 aliphatic rings. The average molecular weight is 487 g/mol. The van der Waals surface area contributed by atoms with Crippen LogP contribution in [0.5, 0.6) is 17.2 Å². The lowest BCUT2D eigenvalue weighted by atomic mass is 10.2. The molecule has 3 aromatic carbocycles. The van der Waals surface area contributed by atoms with Gasteiger partial charge in [0.1, 0.15) is 11.6 Å². The Morgan fingerprint density at radius 3 is 2.36 bits per heavy atom. The van der Waals surface area contributed by atoms with E-state index >= 15 is 0 Å². The minimum Gasteiger partial charge on any atom is -0.497 e. The number of amides is 2. The van der Waals surface area contributed by atoms with Crippen LogP contribution in [0.4, 0.5) is 11.5 Å². The maximum absolute atomic E-state index is 12.9. The quantitative estimate of drug-likeness (QED) is 0.348. The molecule has 0 saturated carbocycles. The molecule has 0 atom stereocenters. The first-order valence-corrected chi connectivity index (χ1v) is 11.2. The number of nitrogens with zero attached hydrogens (tertiary/aromatic N) is 2. The lowest BCUT2D eigenvalue weighted by molar-refractivity contribution is -0.118. The number of rotatable bonds is 10. The smallest absolute Gasteiger partial charge is 0.262 e. The second-order valence-corrected chi connectivity index (χ2v) is 7.74. The van der Waals surface area contributed by atoms with Gasteiger partial charge in [0.2, 0.25) is 0 Å². The second-order valence-electron chi connectivity index (χ2n) is 7.74. The fraction of sp³-hybridized carbons (Fsp3) is 0.148. The number of carbonyl (C=O) groups is 2. The standard InChI is InChI=1S/C27H26N4O5/c1-34-22-11-9-21(10-12-22)29-26(32)18-36-23-13-8-20(16-24(23)35-2)27(33)30-25-14-15-28-31(25)17-19-6-4-3-5-7-19/h3-16H,17-18H2,1-2H3,(H,29,32)(H,30,33). The van der Waals surface area contributed by atoms with Crippen molar-refractivity contribution in [3.05, 3.63) is 96.2 Å². The highest BCUT2D eigenvalue weighted by atomic mass is 16.5. The van der Waals surface area contributed by atoms with E-state index in [1.54, 1.807) is 66.5 Å². The number of benzene rings is 3. The fourth-order valence-electron chi connectivity index (χ4n) is 3.45. The van der Waals surface area contributed by atoms with Crippen molar-refractivity contribution >= 4 is 23.3 Å². The van der Waals surface area contributed by atoms with Crippen LogP contribution in [-0.4, -0.2) is 42.4 Å². The van der Waals surface area contributed by atoms with E-state index in [-0.39, 0.29) is 18.4 Å². The summed E-state index contributed by atoms with van der Waals surface area (Å²) in [5.74, 6) is 1.27. The van der Waals surface area contributed by atoms with Gasteiger partial charge in [-0.15, -0.1) is 0 Å². The molecule has 9 heteroatoms. The molecule has 2 amide bonds. The minimum atomic E-state index is -0.337. The lowest BCUT2D eigenvalue weighted by Crippen LogP contribution is -2.20. The Kier molecular flexibility index (Phi) is 7.82. The van der Waals surface area contributed by atoms with E-state index in [1.807, 2.05) is 30.3 Å². The predicted octanol–water partition coefficient (Wildman–Crippen LogP) is 4.22. The van der Waals surface area contributed by atoms with Gasteiger partial charge >= 0.3 is 0 Å². The molecule has 0 aliphatic carbocycles. The molecule has 0 saturated heterocycles. The largest absolute Gasteiger partial charge is 0.497 e. The maximum atomic E-state index is 12.9. The van der Waals surface area contributed by atoms with Gasteiger partial charge in [-0.3, -0.25) is 9.59 Å². The third-order valence-electron chi connectivity index (χ3n) is 5.29. The summed E-state index contributed by atoms with van der Waals surface area (Å²) in [5.41, 5.74) is 2.06. The number of ether oxygens (including phenoxy) is 3. The van der Waals surface area contributed by atoms with Crippen LogP contribution >= 0.6 is 0 Å². The van der Waals surface area contributed by atoms with Crippen molar-refractivity contribution in [3.63, 3.8) is 0 Å². The highest BCUT2D eigenvalue weighted by molar-refractivity contribution is 6.04. The predicted molar refractivity (Wildman–Crippen MR) is 136 cm³/mol. The van der Waals surface area contributed by atoms with Gasteiger partial charge in [0.25, 0.3) is 11.8 Å². The zero-order chi connectivity index (χ0) is 25.3. The molecule has 0 aliphatic heterocycles. The van der Waals surface area contributed by atoms with E-state index in [9.17, 15) is 9.59 Å². The molecule has 0 spiro atoms. The first kappa shape index (κ1) is 24.3. The van der Waals surface area contributed by atoms with Crippen LogP contribution in [-0.2, 0) is 11.3 Å². The molecular formula is C27H26N4O5. The van der Waals surface area contributed by atoms with Gasteiger partial charge in [-0.25, -0.2) is 4.68 Å². The zero-order valence-corrected chi connectivity index (χ0v) is 19.9. The molecule has 4 aromatic rings. The monoisotopic (exact) mass is 486 g/mol. The summed E-state index contributed by atoms with van der Waals surface area (Å²) in [6.07, 6.45) is 1.63. The van der Waals surface area contributed by atoms with Crippen LogP contribution in [0.25, 0.3) is 0 Å². The van der Waals surface area contributed by atoms with Crippen LogP contribution in [0.1, 0.15) is 15.9 Å². The molecule has 2 N–H and O–H groups in total. The highest BCUT2D eigenvalue weighted by Crippen LogP contribution is 2.28. The second kappa shape index (κ2) is 11.6. The summed E-state index contributed by atoms with van der Waals surface area (Å²) in [5, 5.41) is 9.92.